The van der Waals surface area contributed by atoms with Gasteiger partial charge in [0.15, 0.2) is 0 Å². The van der Waals surface area contributed by atoms with Crippen molar-refractivity contribution in [2.45, 2.75) is 31.0 Å². The van der Waals surface area contributed by atoms with Crippen LogP contribution < -0.4 is 5.73 Å². The number of nitrogens with two attached hydrogens (primary N) is 1. The molecule has 3 N–H and O–H groups in total. The van der Waals surface area contributed by atoms with Gasteiger partial charge in [0.2, 0.25) is 0 Å². The monoisotopic (exact) mass is 301 g/mol. The Morgan fingerprint density at radius 1 is 1.33 bits per heavy atom. The maximum atomic E-state index is 12.7. The Kier molecular flexibility index (Phi) is 4.72. The van der Waals surface area contributed by atoms with Crippen molar-refractivity contribution in [3.05, 3.63) is 35.9 Å². The number of alkyl halides is 3. The van der Waals surface area contributed by atoms with Gasteiger partial charge in [-0.3, -0.25) is 4.90 Å². The third kappa shape index (κ3) is 4.63. The summed E-state index contributed by atoms with van der Waals surface area (Å²) in [4.78, 5) is 1.37. The van der Waals surface area contributed by atoms with E-state index >= 15 is 0 Å². The molecule has 0 bridgehead atoms. The maximum Gasteiger partial charge on any atom is 0.401 e. The predicted molar refractivity (Wildman–Crippen MR) is 73.2 cm³/mol. The van der Waals surface area contributed by atoms with E-state index in [1.54, 1.807) is 30.3 Å². The highest BCUT2D eigenvalue weighted by molar-refractivity contribution is 5.87. The molecule has 1 aromatic rings. The molecule has 0 heterocycles. The van der Waals surface area contributed by atoms with Crippen LogP contribution in [0.4, 0.5) is 13.2 Å². The lowest BCUT2D eigenvalue weighted by atomic mass is 9.97. The second kappa shape index (κ2) is 6.34. The lowest BCUT2D eigenvalue weighted by Gasteiger charge is -2.28. The van der Waals surface area contributed by atoms with Crippen LogP contribution in [0.25, 0.3) is 0 Å². The molecular weight excluding hydrogens is 283 g/mol. The van der Waals surface area contributed by atoms with Crippen molar-refractivity contribution in [2.75, 3.05) is 13.1 Å². The highest BCUT2D eigenvalue weighted by Crippen LogP contribution is 2.32. The molecule has 21 heavy (non-hydrogen) atoms. The summed E-state index contributed by atoms with van der Waals surface area (Å²) < 4.78 is 38.0. The van der Waals surface area contributed by atoms with Crippen molar-refractivity contribution >= 4 is 5.84 Å². The van der Waals surface area contributed by atoms with E-state index < -0.39 is 18.6 Å². The number of rotatable bonds is 6. The van der Waals surface area contributed by atoms with Crippen LogP contribution in [0.1, 0.15) is 24.3 Å². The lowest BCUT2D eigenvalue weighted by molar-refractivity contribution is -0.147. The van der Waals surface area contributed by atoms with E-state index in [2.05, 4.69) is 5.16 Å². The number of amidine groups is 1. The topological polar surface area (TPSA) is 61.9 Å². The van der Waals surface area contributed by atoms with Crippen LogP contribution in [-0.2, 0) is 0 Å². The molecule has 116 valence electrons. The van der Waals surface area contributed by atoms with E-state index in [1.165, 1.54) is 4.90 Å². The molecule has 1 atom stereocenters. The number of benzene rings is 1. The molecule has 1 aliphatic carbocycles. The number of hydrogen-bond acceptors (Lipinski definition) is 3. The fourth-order valence-corrected chi connectivity index (χ4v) is 2.37. The normalized spacial score (nSPS) is 18.0. The first kappa shape index (κ1) is 15.6. The van der Waals surface area contributed by atoms with Gasteiger partial charge in [-0.15, -0.1) is 0 Å². The molecule has 1 fully saturated rings. The van der Waals surface area contributed by atoms with Crippen molar-refractivity contribution < 1.29 is 18.4 Å². The molecule has 0 amide bonds. The van der Waals surface area contributed by atoms with Gasteiger partial charge >= 0.3 is 6.18 Å². The van der Waals surface area contributed by atoms with Gasteiger partial charge in [-0.1, -0.05) is 35.5 Å². The largest absolute Gasteiger partial charge is 0.409 e. The van der Waals surface area contributed by atoms with Crippen molar-refractivity contribution in [3.63, 3.8) is 0 Å². The van der Waals surface area contributed by atoms with Crippen LogP contribution in [0.15, 0.2) is 35.5 Å². The van der Waals surface area contributed by atoms with Gasteiger partial charge in [0.05, 0.1) is 12.5 Å². The molecule has 0 aliphatic heterocycles. The van der Waals surface area contributed by atoms with Gasteiger partial charge in [-0.05, 0) is 18.4 Å². The Labute approximate surface area is 121 Å². The fourth-order valence-electron chi connectivity index (χ4n) is 2.37. The lowest BCUT2D eigenvalue weighted by Crippen LogP contribution is -2.41. The van der Waals surface area contributed by atoms with Gasteiger partial charge in [0.25, 0.3) is 0 Å². The van der Waals surface area contributed by atoms with Gasteiger partial charge in [-0.25, -0.2) is 0 Å². The summed E-state index contributed by atoms with van der Waals surface area (Å²) in [5, 5.41) is 11.9. The Bertz CT molecular complexity index is 486. The van der Waals surface area contributed by atoms with E-state index in [-0.39, 0.29) is 18.4 Å². The zero-order valence-corrected chi connectivity index (χ0v) is 11.4. The van der Waals surface area contributed by atoms with Crippen LogP contribution in [0.2, 0.25) is 0 Å². The Morgan fingerprint density at radius 3 is 2.43 bits per heavy atom. The van der Waals surface area contributed by atoms with E-state index in [0.717, 1.165) is 18.4 Å². The minimum Gasteiger partial charge on any atom is -0.409 e. The van der Waals surface area contributed by atoms with Crippen LogP contribution in [-0.4, -0.2) is 41.3 Å². The second-order valence-corrected chi connectivity index (χ2v) is 5.26. The first-order chi connectivity index (χ1) is 9.90. The molecule has 0 saturated heterocycles. The molecule has 1 aliphatic rings. The first-order valence-corrected chi connectivity index (χ1v) is 6.74. The molecule has 0 spiro atoms. The number of nitrogens with zero attached hydrogens (tertiary/aromatic N) is 2. The molecule has 2 rings (SSSR count). The molecule has 0 aromatic heterocycles. The van der Waals surface area contributed by atoms with E-state index in [4.69, 9.17) is 10.9 Å². The zero-order valence-electron chi connectivity index (χ0n) is 11.4. The summed E-state index contributed by atoms with van der Waals surface area (Å²) in [7, 11) is 0. The fraction of sp³-hybridized carbons (Fsp3) is 0.500. The van der Waals surface area contributed by atoms with Crippen LogP contribution in [0.5, 0.6) is 0 Å². The summed E-state index contributed by atoms with van der Waals surface area (Å²) in [5.41, 5.74) is 6.41. The highest BCUT2D eigenvalue weighted by atomic mass is 19.4. The molecule has 4 nitrogen and oxygen atoms in total. The van der Waals surface area contributed by atoms with Crippen molar-refractivity contribution in [3.8, 4) is 0 Å². The quantitative estimate of drug-likeness (QED) is 0.367. The van der Waals surface area contributed by atoms with Crippen LogP contribution in [0, 0.1) is 0 Å². The molecule has 1 unspecified atom stereocenters. The van der Waals surface area contributed by atoms with Crippen LogP contribution >= 0.6 is 0 Å². The molecule has 7 heteroatoms. The second-order valence-electron chi connectivity index (χ2n) is 5.26. The molecule has 1 aromatic carbocycles. The van der Waals surface area contributed by atoms with Crippen LogP contribution in [0.3, 0.4) is 0 Å². The Balaban J connectivity index is 2.17. The third-order valence-electron chi connectivity index (χ3n) is 3.54. The minimum absolute atomic E-state index is 0.0654. The molecular formula is C14H18F3N3O. The zero-order chi connectivity index (χ0) is 15.5. The Hall–Kier alpha value is -1.76. The summed E-state index contributed by atoms with van der Waals surface area (Å²) in [6.45, 7) is -0.885. The standard InChI is InChI=1S/C14H18F3N3O/c15-14(16,17)9-20(11-6-7-11)8-12(13(18)19-21)10-4-2-1-3-5-10/h1-5,11-12,21H,6-9H2,(H2,18,19). The van der Waals surface area contributed by atoms with Crippen molar-refractivity contribution in [1.82, 2.24) is 4.90 Å². The average molecular weight is 301 g/mol. The van der Waals surface area contributed by atoms with E-state index in [0.29, 0.717) is 0 Å². The first-order valence-electron chi connectivity index (χ1n) is 6.74. The minimum atomic E-state index is -4.26. The van der Waals surface area contributed by atoms with Gasteiger partial charge < -0.3 is 10.9 Å². The maximum absolute atomic E-state index is 12.7. The molecule has 0 radical (unpaired) electrons. The summed E-state index contributed by atoms with van der Waals surface area (Å²) in [6.07, 6.45) is -2.74. The van der Waals surface area contributed by atoms with Gasteiger partial charge in [-0.2, -0.15) is 13.2 Å². The Morgan fingerprint density at radius 2 is 1.95 bits per heavy atom. The molecule has 1 saturated carbocycles. The number of halogens is 3. The number of oxime groups is 1. The van der Waals surface area contributed by atoms with Crippen molar-refractivity contribution in [1.29, 1.82) is 0 Å². The highest BCUT2D eigenvalue weighted by Gasteiger charge is 2.39. The number of hydrogen-bond donors (Lipinski definition) is 2. The van der Waals surface area contributed by atoms with E-state index in [9.17, 15) is 13.2 Å². The summed E-state index contributed by atoms with van der Waals surface area (Å²) in [6, 6.07) is 8.82. The smallest absolute Gasteiger partial charge is 0.401 e. The SMILES string of the molecule is NC(=NO)C(CN(CC(F)(F)F)C1CC1)c1ccccc1. The van der Waals surface area contributed by atoms with Crippen molar-refractivity contribution in [2.24, 2.45) is 10.9 Å². The summed E-state index contributed by atoms with van der Waals surface area (Å²) >= 11 is 0. The third-order valence-corrected chi connectivity index (χ3v) is 3.54. The van der Waals surface area contributed by atoms with Gasteiger partial charge in [0.1, 0.15) is 5.84 Å². The van der Waals surface area contributed by atoms with E-state index in [1.807, 2.05) is 0 Å². The summed E-state index contributed by atoms with van der Waals surface area (Å²) in [5.74, 6) is -0.631. The predicted octanol–water partition coefficient (Wildman–Crippen LogP) is 2.54. The van der Waals surface area contributed by atoms with Gasteiger partial charge in [0, 0.05) is 12.6 Å². The average Bonchev–Trinajstić information content (AvgIpc) is 3.27.